The number of rotatable bonds is 5. The second-order valence-electron chi connectivity index (χ2n) is 5.24. The van der Waals surface area contributed by atoms with Crippen molar-refractivity contribution in [2.75, 3.05) is 5.32 Å². The van der Waals surface area contributed by atoms with Gasteiger partial charge in [0.25, 0.3) is 0 Å². The Morgan fingerprint density at radius 3 is 2.61 bits per heavy atom. The summed E-state index contributed by atoms with van der Waals surface area (Å²) < 4.78 is 0.721. The zero-order valence-electron chi connectivity index (χ0n) is 11.1. The molecule has 0 fully saturated rings. The number of anilines is 1. The number of amides is 1. The zero-order valence-corrected chi connectivity index (χ0v) is 12.7. The molecular formula is C12H19BrN4O. The van der Waals surface area contributed by atoms with Crippen molar-refractivity contribution in [1.82, 2.24) is 9.97 Å². The maximum absolute atomic E-state index is 11.0. The molecule has 0 atom stereocenters. The minimum atomic E-state index is -0.437. The van der Waals surface area contributed by atoms with Crippen LogP contribution in [0.25, 0.3) is 0 Å². The van der Waals surface area contributed by atoms with E-state index >= 15 is 0 Å². The van der Waals surface area contributed by atoms with Crippen LogP contribution in [0.3, 0.4) is 0 Å². The van der Waals surface area contributed by atoms with Gasteiger partial charge in [-0.3, -0.25) is 4.79 Å². The molecule has 1 heterocycles. The highest BCUT2D eigenvalue weighted by atomic mass is 79.9. The smallest absolute Gasteiger partial charge is 0.219 e. The summed E-state index contributed by atoms with van der Waals surface area (Å²) in [6, 6.07) is 1.79. The molecule has 0 aliphatic heterocycles. The predicted octanol–water partition coefficient (Wildman–Crippen LogP) is 2.43. The maximum atomic E-state index is 11.0. The number of primary amides is 1. The number of aromatic nitrogens is 2. The first-order valence-corrected chi connectivity index (χ1v) is 6.60. The summed E-state index contributed by atoms with van der Waals surface area (Å²) in [7, 11) is 0. The Balaban J connectivity index is 2.93. The van der Waals surface area contributed by atoms with Crippen molar-refractivity contribution in [2.24, 2.45) is 5.73 Å². The van der Waals surface area contributed by atoms with Crippen LogP contribution >= 0.6 is 15.9 Å². The van der Waals surface area contributed by atoms with E-state index in [0.29, 0.717) is 5.82 Å². The summed E-state index contributed by atoms with van der Waals surface area (Å²) in [5.41, 5.74) is 4.78. The van der Waals surface area contributed by atoms with Crippen LogP contribution in [-0.4, -0.2) is 21.4 Å². The lowest BCUT2D eigenvalue weighted by molar-refractivity contribution is -0.118. The lowest BCUT2D eigenvalue weighted by Crippen LogP contribution is -2.36. The number of carbonyl (C=O) groups is 1. The summed E-state index contributed by atoms with van der Waals surface area (Å²) in [6.45, 7) is 7.87. The average Bonchev–Trinajstić information content (AvgIpc) is 2.12. The van der Waals surface area contributed by atoms with Crippen LogP contribution in [0.5, 0.6) is 0 Å². The highest BCUT2D eigenvalue weighted by molar-refractivity contribution is 9.10. The topological polar surface area (TPSA) is 80.9 Å². The summed E-state index contributed by atoms with van der Waals surface area (Å²) in [5, 5.41) is 3.20. The van der Waals surface area contributed by atoms with Crippen LogP contribution < -0.4 is 11.1 Å². The van der Waals surface area contributed by atoms with Crippen LogP contribution in [0.15, 0.2) is 10.7 Å². The van der Waals surface area contributed by atoms with Crippen molar-refractivity contribution in [3.63, 3.8) is 0 Å². The fourth-order valence-corrected chi connectivity index (χ4v) is 1.98. The van der Waals surface area contributed by atoms with E-state index in [2.05, 4.69) is 31.2 Å². The molecule has 6 heteroatoms. The molecule has 0 unspecified atom stereocenters. The highest BCUT2D eigenvalue weighted by Gasteiger charge is 2.21. The van der Waals surface area contributed by atoms with Crippen molar-refractivity contribution < 1.29 is 4.79 Å². The van der Waals surface area contributed by atoms with Gasteiger partial charge in [0.1, 0.15) is 16.2 Å². The molecule has 0 radical (unpaired) electrons. The Morgan fingerprint density at radius 1 is 1.50 bits per heavy atom. The Labute approximate surface area is 116 Å². The summed E-state index contributed by atoms with van der Waals surface area (Å²) in [5.74, 6) is 1.33. The SMILES string of the molecule is CC(C)c1nc(Br)cc(NC(C)(C)CC(N)=O)n1. The number of nitrogens with zero attached hydrogens (tertiary/aromatic N) is 2. The Kier molecular flexibility index (Phi) is 4.67. The van der Waals surface area contributed by atoms with Gasteiger partial charge in [0.05, 0.1) is 0 Å². The highest BCUT2D eigenvalue weighted by Crippen LogP contribution is 2.21. The molecule has 0 bridgehead atoms. The van der Waals surface area contributed by atoms with Gasteiger partial charge in [-0.2, -0.15) is 0 Å². The largest absolute Gasteiger partial charge is 0.370 e. The summed E-state index contributed by atoms with van der Waals surface area (Å²) in [6.07, 6.45) is 0.242. The van der Waals surface area contributed by atoms with E-state index in [4.69, 9.17) is 5.73 Å². The van der Waals surface area contributed by atoms with Crippen molar-refractivity contribution >= 4 is 27.7 Å². The van der Waals surface area contributed by atoms with E-state index in [1.165, 1.54) is 0 Å². The molecule has 1 rings (SSSR count). The first kappa shape index (κ1) is 14.9. The number of hydrogen-bond acceptors (Lipinski definition) is 4. The number of hydrogen-bond donors (Lipinski definition) is 2. The lowest BCUT2D eigenvalue weighted by Gasteiger charge is -2.25. The van der Waals surface area contributed by atoms with E-state index in [1.807, 2.05) is 27.7 Å². The summed E-state index contributed by atoms with van der Waals surface area (Å²) in [4.78, 5) is 19.7. The van der Waals surface area contributed by atoms with E-state index in [1.54, 1.807) is 6.07 Å². The van der Waals surface area contributed by atoms with Crippen molar-refractivity contribution in [3.8, 4) is 0 Å². The van der Waals surface area contributed by atoms with Gasteiger partial charge in [-0.05, 0) is 29.8 Å². The number of carbonyl (C=O) groups excluding carboxylic acids is 1. The van der Waals surface area contributed by atoms with Gasteiger partial charge in [0.2, 0.25) is 5.91 Å². The number of nitrogens with one attached hydrogen (secondary N) is 1. The number of halogens is 1. The third-order valence-corrected chi connectivity index (χ3v) is 2.72. The molecule has 3 N–H and O–H groups in total. The van der Waals surface area contributed by atoms with Crippen LogP contribution in [0.1, 0.15) is 45.9 Å². The molecule has 1 amide bonds. The molecule has 0 saturated heterocycles. The molecule has 1 aromatic rings. The second kappa shape index (κ2) is 5.65. The van der Waals surface area contributed by atoms with Crippen LogP contribution in [0.4, 0.5) is 5.82 Å². The standard InChI is InChI=1S/C12H19BrN4O/c1-7(2)11-15-8(13)5-10(16-11)17-12(3,4)6-9(14)18/h5,7H,6H2,1-4H3,(H2,14,18)(H,15,16,17). The minimum absolute atomic E-state index is 0.238. The fraction of sp³-hybridized carbons (Fsp3) is 0.583. The molecule has 100 valence electrons. The van der Waals surface area contributed by atoms with E-state index in [0.717, 1.165) is 10.4 Å². The molecule has 5 nitrogen and oxygen atoms in total. The van der Waals surface area contributed by atoms with Crippen molar-refractivity contribution in [2.45, 2.75) is 45.6 Å². The van der Waals surface area contributed by atoms with Gasteiger partial charge in [-0.1, -0.05) is 13.8 Å². The van der Waals surface area contributed by atoms with Crippen LogP contribution in [-0.2, 0) is 4.79 Å². The van der Waals surface area contributed by atoms with E-state index in [-0.39, 0.29) is 18.2 Å². The Bertz CT molecular complexity index is 446. The molecular weight excluding hydrogens is 296 g/mol. The average molecular weight is 315 g/mol. The molecule has 18 heavy (non-hydrogen) atoms. The minimum Gasteiger partial charge on any atom is -0.370 e. The van der Waals surface area contributed by atoms with Crippen LogP contribution in [0.2, 0.25) is 0 Å². The van der Waals surface area contributed by atoms with Crippen molar-refractivity contribution in [1.29, 1.82) is 0 Å². The van der Waals surface area contributed by atoms with E-state index < -0.39 is 5.54 Å². The third kappa shape index (κ3) is 4.60. The van der Waals surface area contributed by atoms with E-state index in [9.17, 15) is 4.79 Å². The number of nitrogens with two attached hydrogens (primary N) is 1. The first-order chi connectivity index (χ1) is 8.19. The van der Waals surface area contributed by atoms with Gasteiger partial charge in [0.15, 0.2) is 0 Å². The second-order valence-corrected chi connectivity index (χ2v) is 6.05. The van der Waals surface area contributed by atoms with Gasteiger partial charge in [-0.15, -0.1) is 0 Å². The molecule has 0 aliphatic carbocycles. The van der Waals surface area contributed by atoms with Gasteiger partial charge >= 0.3 is 0 Å². The normalized spacial score (nSPS) is 11.7. The van der Waals surface area contributed by atoms with Crippen LogP contribution in [0, 0.1) is 0 Å². The summed E-state index contributed by atoms with van der Waals surface area (Å²) >= 11 is 3.36. The fourth-order valence-electron chi connectivity index (χ4n) is 1.58. The quantitative estimate of drug-likeness (QED) is 0.818. The van der Waals surface area contributed by atoms with Gasteiger partial charge in [0, 0.05) is 23.9 Å². The zero-order chi connectivity index (χ0) is 13.9. The monoisotopic (exact) mass is 314 g/mol. The molecule has 1 aromatic heterocycles. The van der Waals surface area contributed by atoms with Crippen molar-refractivity contribution in [3.05, 3.63) is 16.5 Å². The van der Waals surface area contributed by atoms with Gasteiger partial charge < -0.3 is 11.1 Å². The molecule has 0 aromatic carbocycles. The molecule has 0 aliphatic rings. The predicted molar refractivity (Wildman–Crippen MR) is 75.3 cm³/mol. The molecule has 0 spiro atoms. The van der Waals surface area contributed by atoms with Gasteiger partial charge in [-0.25, -0.2) is 9.97 Å². The first-order valence-electron chi connectivity index (χ1n) is 5.80. The molecule has 0 saturated carbocycles. The lowest BCUT2D eigenvalue weighted by atomic mass is 10.0. The maximum Gasteiger partial charge on any atom is 0.219 e. The third-order valence-electron chi connectivity index (χ3n) is 2.31. The Morgan fingerprint density at radius 2 is 2.11 bits per heavy atom. The Hall–Kier alpha value is -1.17.